The van der Waals surface area contributed by atoms with Crippen LogP contribution < -0.4 is 10.6 Å². The number of ether oxygens (including phenoxy) is 1. The number of carbonyl (C=O) groups is 3. The number of hydrogen-bond donors (Lipinski definition) is 2. The van der Waals surface area contributed by atoms with E-state index in [1.807, 2.05) is 0 Å². The Bertz CT molecular complexity index is 983. The van der Waals surface area contributed by atoms with E-state index < -0.39 is 22.7 Å². The Morgan fingerprint density at radius 3 is 2.53 bits per heavy atom. The summed E-state index contributed by atoms with van der Waals surface area (Å²) < 4.78 is 5.16. The number of nitro benzene ring substituents is 1. The summed E-state index contributed by atoms with van der Waals surface area (Å²) in [5.74, 6) is -1.47. The summed E-state index contributed by atoms with van der Waals surface area (Å²) in [6.07, 6.45) is 3.65. The van der Waals surface area contributed by atoms with Crippen molar-refractivity contribution in [3.05, 3.63) is 55.9 Å². The van der Waals surface area contributed by atoms with Gasteiger partial charge in [0.2, 0.25) is 5.91 Å². The van der Waals surface area contributed by atoms with E-state index in [0.717, 1.165) is 36.1 Å². The van der Waals surface area contributed by atoms with Crippen molar-refractivity contribution >= 4 is 39.8 Å². The zero-order valence-electron chi connectivity index (χ0n) is 16.4. The van der Waals surface area contributed by atoms with E-state index >= 15 is 0 Å². The molecule has 0 aliphatic heterocycles. The van der Waals surface area contributed by atoms with Gasteiger partial charge < -0.3 is 15.4 Å². The summed E-state index contributed by atoms with van der Waals surface area (Å²) in [6.45, 7) is 1.66. The highest BCUT2D eigenvalue weighted by Gasteiger charge is 2.27. The molecule has 0 unspecified atom stereocenters. The number of thiophene rings is 1. The van der Waals surface area contributed by atoms with Crippen molar-refractivity contribution < 1.29 is 24.0 Å². The molecular weight excluding hydrogens is 410 g/mol. The largest absolute Gasteiger partial charge is 0.462 e. The summed E-state index contributed by atoms with van der Waals surface area (Å²) in [5, 5.41) is 16.3. The van der Waals surface area contributed by atoms with E-state index in [-0.39, 0.29) is 24.4 Å². The number of nitrogens with zero attached hydrogens (tertiary/aromatic N) is 1. The molecule has 10 heteroatoms. The third kappa shape index (κ3) is 4.82. The number of fused-ring (bicyclic) bond motifs is 1. The normalized spacial score (nSPS) is 12.6. The molecule has 158 valence electrons. The molecule has 0 saturated carbocycles. The van der Waals surface area contributed by atoms with Crippen molar-refractivity contribution in [1.29, 1.82) is 0 Å². The smallest absolute Gasteiger partial charge is 0.341 e. The first kappa shape index (κ1) is 21.4. The average Bonchev–Trinajstić information content (AvgIpc) is 3.10. The molecule has 1 heterocycles. The molecule has 3 rings (SSSR count). The lowest BCUT2D eigenvalue weighted by atomic mass is 9.95. The Morgan fingerprint density at radius 1 is 1.17 bits per heavy atom. The van der Waals surface area contributed by atoms with Gasteiger partial charge in [-0.05, 0) is 50.3 Å². The maximum Gasteiger partial charge on any atom is 0.341 e. The fraction of sp³-hybridized carbons (Fsp3) is 0.350. The molecule has 0 saturated heterocycles. The summed E-state index contributed by atoms with van der Waals surface area (Å²) in [4.78, 5) is 48.2. The van der Waals surface area contributed by atoms with Crippen molar-refractivity contribution in [2.75, 3.05) is 18.5 Å². The standard InChI is InChI=1S/C20H21N3O6S/c1-2-29-20(26)17-14-5-3-4-6-15(14)30-19(17)22-16(24)11-21-18(25)12-7-9-13(10-8-12)23(27)28/h7-10H,2-6,11H2,1H3,(H,21,25)(H,22,24). The number of rotatable bonds is 7. The van der Waals surface area contributed by atoms with Crippen LogP contribution in [0.4, 0.5) is 10.7 Å². The number of nitrogens with one attached hydrogen (secondary N) is 2. The van der Waals surface area contributed by atoms with Gasteiger partial charge in [0.1, 0.15) is 5.00 Å². The molecule has 0 spiro atoms. The van der Waals surface area contributed by atoms with Gasteiger partial charge in [-0.3, -0.25) is 19.7 Å². The topological polar surface area (TPSA) is 128 Å². The lowest BCUT2D eigenvalue weighted by Gasteiger charge is -2.12. The summed E-state index contributed by atoms with van der Waals surface area (Å²) in [7, 11) is 0. The fourth-order valence-corrected chi connectivity index (χ4v) is 4.53. The van der Waals surface area contributed by atoms with Crippen LogP contribution in [-0.2, 0) is 22.4 Å². The molecule has 1 aromatic heterocycles. The van der Waals surface area contributed by atoms with Gasteiger partial charge in [-0.1, -0.05) is 0 Å². The lowest BCUT2D eigenvalue weighted by molar-refractivity contribution is -0.384. The van der Waals surface area contributed by atoms with E-state index in [4.69, 9.17) is 4.74 Å². The van der Waals surface area contributed by atoms with Crippen molar-refractivity contribution in [3.8, 4) is 0 Å². The van der Waals surface area contributed by atoms with Gasteiger partial charge in [-0.25, -0.2) is 4.79 Å². The van der Waals surface area contributed by atoms with Gasteiger partial charge in [0.15, 0.2) is 0 Å². The molecule has 0 bridgehead atoms. The first-order valence-corrected chi connectivity index (χ1v) is 10.4. The first-order chi connectivity index (χ1) is 14.4. The minimum atomic E-state index is -0.559. The molecule has 0 atom stereocenters. The molecule has 2 amide bonds. The van der Waals surface area contributed by atoms with E-state index in [9.17, 15) is 24.5 Å². The van der Waals surface area contributed by atoms with Gasteiger partial charge >= 0.3 is 5.97 Å². The van der Waals surface area contributed by atoms with E-state index in [2.05, 4.69) is 10.6 Å². The minimum absolute atomic E-state index is 0.127. The van der Waals surface area contributed by atoms with Gasteiger partial charge in [-0.15, -0.1) is 11.3 Å². The van der Waals surface area contributed by atoms with Crippen molar-refractivity contribution in [2.24, 2.45) is 0 Å². The fourth-order valence-electron chi connectivity index (χ4n) is 3.24. The zero-order chi connectivity index (χ0) is 21.7. The molecule has 1 aliphatic rings. The Kier molecular flexibility index (Phi) is 6.78. The summed E-state index contributed by atoms with van der Waals surface area (Å²) in [5.41, 5.74) is 1.42. The highest BCUT2D eigenvalue weighted by molar-refractivity contribution is 7.17. The average molecular weight is 431 g/mol. The van der Waals surface area contributed by atoms with Crippen molar-refractivity contribution in [2.45, 2.75) is 32.6 Å². The maximum atomic E-state index is 12.4. The van der Waals surface area contributed by atoms with Gasteiger partial charge in [0, 0.05) is 22.6 Å². The number of nitro groups is 1. The first-order valence-electron chi connectivity index (χ1n) is 9.54. The third-order valence-electron chi connectivity index (χ3n) is 4.65. The minimum Gasteiger partial charge on any atom is -0.462 e. The molecule has 0 radical (unpaired) electrons. The molecule has 1 aliphatic carbocycles. The van der Waals surface area contributed by atoms with Crippen molar-refractivity contribution in [1.82, 2.24) is 5.32 Å². The van der Waals surface area contributed by atoms with Gasteiger partial charge in [0.05, 0.1) is 23.6 Å². The number of anilines is 1. The lowest BCUT2D eigenvalue weighted by Crippen LogP contribution is -2.33. The van der Waals surface area contributed by atoms with Crippen LogP contribution in [-0.4, -0.2) is 35.9 Å². The highest BCUT2D eigenvalue weighted by atomic mass is 32.1. The molecule has 0 fully saturated rings. The molecule has 30 heavy (non-hydrogen) atoms. The molecule has 2 aromatic rings. The molecule has 1 aromatic carbocycles. The van der Waals surface area contributed by atoms with Gasteiger partial charge in [-0.2, -0.15) is 0 Å². The monoisotopic (exact) mass is 431 g/mol. The van der Waals surface area contributed by atoms with Crippen LogP contribution >= 0.6 is 11.3 Å². The second-order valence-corrected chi connectivity index (χ2v) is 7.78. The summed E-state index contributed by atoms with van der Waals surface area (Å²) in [6, 6.07) is 5.07. The zero-order valence-corrected chi connectivity index (χ0v) is 17.2. The SMILES string of the molecule is CCOC(=O)c1c(NC(=O)CNC(=O)c2ccc([N+](=O)[O-])cc2)sc2c1CCCC2. The molecular formula is C20H21N3O6S. The van der Waals surface area contributed by atoms with Crippen LogP contribution in [0, 0.1) is 10.1 Å². The third-order valence-corrected chi connectivity index (χ3v) is 5.86. The Labute approximate surface area is 176 Å². The maximum absolute atomic E-state index is 12.4. The van der Waals surface area contributed by atoms with Crippen LogP contribution in [0.5, 0.6) is 0 Å². The molecule has 2 N–H and O–H groups in total. The number of non-ortho nitro benzene ring substituents is 1. The van der Waals surface area contributed by atoms with Crippen molar-refractivity contribution in [3.63, 3.8) is 0 Å². The predicted octanol–water partition coefficient (Wildman–Crippen LogP) is 3.08. The second kappa shape index (κ2) is 9.49. The number of aryl methyl sites for hydroxylation is 1. The summed E-state index contributed by atoms with van der Waals surface area (Å²) >= 11 is 1.37. The number of carbonyl (C=O) groups excluding carboxylic acids is 3. The van der Waals surface area contributed by atoms with Crippen LogP contribution in [0.2, 0.25) is 0 Å². The van der Waals surface area contributed by atoms with Crippen LogP contribution in [0.3, 0.4) is 0 Å². The Hall–Kier alpha value is -3.27. The second-order valence-electron chi connectivity index (χ2n) is 6.67. The van der Waals surface area contributed by atoms with Gasteiger partial charge in [0.25, 0.3) is 11.6 Å². The number of hydrogen-bond acceptors (Lipinski definition) is 7. The molecule has 9 nitrogen and oxygen atoms in total. The quantitative estimate of drug-likeness (QED) is 0.394. The Morgan fingerprint density at radius 2 is 1.87 bits per heavy atom. The van der Waals surface area contributed by atoms with Crippen LogP contribution in [0.15, 0.2) is 24.3 Å². The van der Waals surface area contributed by atoms with E-state index in [1.54, 1.807) is 6.92 Å². The van der Waals surface area contributed by atoms with Crippen LogP contribution in [0.25, 0.3) is 0 Å². The van der Waals surface area contributed by atoms with E-state index in [0.29, 0.717) is 10.6 Å². The number of amides is 2. The van der Waals surface area contributed by atoms with Crippen LogP contribution in [0.1, 0.15) is 50.9 Å². The predicted molar refractivity (Wildman–Crippen MR) is 111 cm³/mol. The van der Waals surface area contributed by atoms with E-state index in [1.165, 1.54) is 35.6 Å². The Balaban J connectivity index is 1.66. The number of benzene rings is 1. The highest BCUT2D eigenvalue weighted by Crippen LogP contribution is 2.38. The number of esters is 1.